The fourth-order valence-corrected chi connectivity index (χ4v) is 3.17. The zero-order chi connectivity index (χ0) is 20.2. The number of aryl methyl sites for hydroxylation is 1. The Balaban J connectivity index is 1.69. The van der Waals surface area contributed by atoms with Crippen LogP contribution in [0.2, 0.25) is 0 Å². The molecule has 1 aliphatic heterocycles. The van der Waals surface area contributed by atoms with Crippen LogP contribution < -0.4 is 4.74 Å². The maximum atomic E-state index is 13.3. The van der Waals surface area contributed by atoms with Crippen LogP contribution in [0.4, 0.5) is 4.39 Å². The quantitative estimate of drug-likeness (QED) is 0.620. The molecular formula is C22H24FN5O. The van der Waals surface area contributed by atoms with Crippen LogP contribution in [0.15, 0.2) is 59.7 Å². The first-order valence-corrected chi connectivity index (χ1v) is 9.66. The lowest BCUT2D eigenvalue weighted by atomic mass is 10.2. The number of likely N-dealkylation sites (N-methyl/N-ethyl adjacent to an activating group) is 1. The Morgan fingerprint density at radius 2 is 1.69 bits per heavy atom. The molecule has 3 aromatic rings. The first-order valence-electron chi connectivity index (χ1n) is 9.66. The summed E-state index contributed by atoms with van der Waals surface area (Å²) in [6.07, 6.45) is 1.81. The summed E-state index contributed by atoms with van der Waals surface area (Å²) in [5.41, 5.74) is 2.49. The lowest BCUT2D eigenvalue weighted by Gasteiger charge is -2.30. The molecule has 1 fully saturated rings. The molecule has 0 spiro atoms. The van der Waals surface area contributed by atoms with Crippen molar-refractivity contribution in [2.75, 3.05) is 33.2 Å². The van der Waals surface area contributed by atoms with E-state index in [0.29, 0.717) is 11.6 Å². The fraction of sp³-hybridized carbons (Fsp3) is 0.273. The van der Waals surface area contributed by atoms with Crippen molar-refractivity contribution in [3.8, 4) is 17.3 Å². The van der Waals surface area contributed by atoms with E-state index in [4.69, 9.17) is 4.74 Å². The van der Waals surface area contributed by atoms with Gasteiger partial charge in [-0.3, -0.25) is 5.01 Å². The summed E-state index contributed by atoms with van der Waals surface area (Å²) in [6.45, 7) is 5.67. The van der Waals surface area contributed by atoms with E-state index in [9.17, 15) is 4.39 Å². The Labute approximate surface area is 169 Å². The standard InChI is InChI=1S/C22H24FN5O/c1-17-21(16-24-27-14-12-26(2)13-15-27)22(29-20-10-8-18(23)9-11-20)28(25-17)19-6-4-3-5-7-19/h3-11,16H,12-15H2,1-2H3/b24-16-. The first-order chi connectivity index (χ1) is 14.1. The molecule has 7 heteroatoms. The van der Waals surface area contributed by atoms with Gasteiger partial charge in [-0.05, 0) is 50.4 Å². The summed E-state index contributed by atoms with van der Waals surface area (Å²) in [4.78, 5) is 2.29. The number of piperazine rings is 1. The molecule has 0 saturated carbocycles. The highest BCUT2D eigenvalue weighted by atomic mass is 19.1. The number of aromatic nitrogens is 2. The van der Waals surface area contributed by atoms with E-state index in [-0.39, 0.29) is 5.82 Å². The predicted octanol–water partition coefficient (Wildman–Crippen LogP) is 3.69. The summed E-state index contributed by atoms with van der Waals surface area (Å²) in [6, 6.07) is 15.8. The second kappa shape index (κ2) is 8.45. The van der Waals surface area contributed by atoms with Gasteiger partial charge in [-0.15, -0.1) is 0 Å². The zero-order valence-corrected chi connectivity index (χ0v) is 16.6. The summed E-state index contributed by atoms with van der Waals surface area (Å²) < 4.78 is 21.2. The smallest absolute Gasteiger partial charge is 0.231 e. The highest BCUT2D eigenvalue weighted by molar-refractivity contribution is 5.84. The lowest BCUT2D eigenvalue weighted by Crippen LogP contribution is -2.41. The van der Waals surface area contributed by atoms with Gasteiger partial charge < -0.3 is 9.64 Å². The molecule has 0 unspecified atom stereocenters. The number of nitrogens with zero attached hydrogens (tertiary/aromatic N) is 5. The number of para-hydroxylation sites is 1. The molecular weight excluding hydrogens is 369 g/mol. The number of ether oxygens (including phenoxy) is 1. The van der Waals surface area contributed by atoms with Gasteiger partial charge in [0.2, 0.25) is 5.88 Å². The Bertz CT molecular complexity index is 976. The van der Waals surface area contributed by atoms with E-state index in [1.54, 1.807) is 16.8 Å². The van der Waals surface area contributed by atoms with Crippen molar-refractivity contribution in [3.05, 3.63) is 71.7 Å². The molecule has 1 aliphatic rings. The van der Waals surface area contributed by atoms with E-state index in [2.05, 4.69) is 27.2 Å². The van der Waals surface area contributed by atoms with Crippen molar-refractivity contribution in [1.82, 2.24) is 19.7 Å². The molecule has 1 aromatic heterocycles. The van der Waals surface area contributed by atoms with E-state index in [1.165, 1.54) is 12.1 Å². The molecule has 0 radical (unpaired) electrons. The van der Waals surface area contributed by atoms with Crippen molar-refractivity contribution < 1.29 is 9.13 Å². The zero-order valence-electron chi connectivity index (χ0n) is 16.6. The number of hydrogen-bond donors (Lipinski definition) is 0. The van der Waals surface area contributed by atoms with Gasteiger partial charge in [-0.25, -0.2) is 4.39 Å². The van der Waals surface area contributed by atoms with Crippen molar-refractivity contribution >= 4 is 6.21 Å². The van der Waals surface area contributed by atoms with Crippen LogP contribution in [0.5, 0.6) is 11.6 Å². The molecule has 0 amide bonds. The monoisotopic (exact) mass is 393 g/mol. The van der Waals surface area contributed by atoms with E-state index < -0.39 is 0 Å². The van der Waals surface area contributed by atoms with Gasteiger partial charge in [0.15, 0.2) is 0 Å². The summed E-state index contributed by atoms with van der Waals surface area (Å²) >= 11 is 0. The normalized spacial score (nSPS) is 15.2. The Hall–Kier alpha value is -3.19. The van der Waals surface area contributed by atoms with Crippen LogP contribution in [0, 0.1) is 12.7 Å². The molecule has 6 nitrogen and oxygen atoms in total. The molecule has 2 heterocycles. The van der Waals surface area contributed by atoms with Gasteiger partial charge >= 0.3 is 0 Å². The highest BCUT2D eigenvalue weighted by Gasteiger charge is 2.19. The maximum Gasteiger partial charge on any atom is 0.231 e. The third kappa shape index (κ3) is 4.46. The number of benzene rings is 2. The van der Waals surface area contributed by atoms with E-state index in [1.807, 2.05) is 43.5 Å². The van der Waals surface area contributed by atoms with Crippen LogP contribution >= 0.6 is 0 Å². The second-order valence-electron chi connectivity index (χ2n) is 7.11. The van der Waals surface area contributed by atoms with Crippen LogP contribution in [-0.2, 0) is 0 Å². The summed E-state index contributed by atoms with van der Waals surface area (Å²) in [5.74, 6) is 0.790. The summed E-state index contributed by atoms with van der Waals surface area (Å²) in [7, 11) is 2.11. The fourth-order valence-electron chi connectivity index (χ4n) is 3.17. The predicted molar refractivity (Wildman–Crippen MR) is 111 cm³/mol. The Morgan fingerprint density at radius 3 is 2.38 bits per heavy atom. The van der Waals surface area contributed by atoms with Crippen molar-refractivity contribution in [2.45, 2.75) is 6.92 Å². The van der Waals surface area contributed by atoms with Gasteiger partial charge in [-0.1, -0.05) is 18.2 Å². The topological polar surface area (TPSA) is 45.9 Å². The van der Waals surface area contributed by atoms with Gasteiger partial charge in [0.05, 0.1) is 23.2 Å². The third-order valence-corrected chi connectivity index (χ3v) is 4.92. The molecule has 150 valence electrons. The maximum absolute atomic E-state index is 13.3. The largest absolute Gasteiger partial charge is 0.438 e. The van der Waals surface area contributed by atoms with Crippen LogP contribution in [0.1, 0.15) is 11.3 Å². The molecule has 29 heavy (non-hydrogen) atoms. The van der Waals surface area contributed by atoms with Gasteiger partial charge in [0.1, 0.15) is 11.6 Å². The van der Waals surface area contributed by atoms with E-state index >= 15 is 0 Å². The minimum Gasteiger partial charge on any atom is -0.438 e. The molecule has 4 rings (SSSR count). The number of rotatable bonds is 5. The van der Waals surface area contributed by atoms with Gasteiger partial charge in [0, 0.05) is 26.2 Å². The Kier molecular flexibility index (Phi) is 5.57. The molecule has 0 atom stereocenters. The lowest BCUT2D eigenvalue weighted by molar-refractivity contribution is 0.159. The number of halogens is 1. The number of hydrazone groups is 1. The van der Waals surface area contributed by atoms with E-state index in [0.717, 1.165) is 43.1 Å². The SMILES string of the molecule is Cc1nn(-c2ccccc2)c(Oc2ccc(F)cc2)c1/C=N\N1CCN(C)CC1. The molecule has 0 aliphatic carbocycles. The molecule has 2 aromatic carbocycles. The number of hydrogen-bond acceptors (Lipinski definition) is 5. The summed E-state index contributed by atoms with van der Waals surface area (Å²) in [5, 5.41) is 11.4. The van der Waals surface area contributed by atoms with Gasteiger partial charge in [-0.2, -0.15) is 14.9 Å². The molecule has 1 saturated heterocycles. The van der Waals surface area contributed by atoms with Crippen molar-refractivity contribution in [1.29, 1.82) is 0 Å². The van der Waals surface area contributed by atoms with Crippen LogP contribution in [0.3, 0.4) is 0 Å². The van der Waals surface area contributed by atoms with Crippen molar-refractivity contribution in [3.63, 3.8) is 0 Å². The highest BCUT2D eigenvalue weighted by Crippen LogP contribution is 2.29. The minimum absolute atomic E-state index is 0.304. The van der Waals surface area contributed by atoms with Crippen LogP contribution in [0.25, 0.3) is 5.69 Å². The van der Waals surface area contributed by atoms with Crippen molar-refractivity contribution in [2.24, 2.45) is 5.10 Å². The first kappa shape index (κ1) is 19.1. The molecule has 0 bridgehead atoms. The third-order valence-electron chi connectivity index (χ3n) is 4.92. The second-order valence-corrected chi connectivity index (χ2v) is 7.11. The molecule has 0 N–H and O–H groups in total. The minimum atomic E-state index is -0.304. The van der Waals surface area contributed by atoms with Gasteiger partial charge in [0.25, 0.3) is 0 Å². The average molecular weight is 393 g/mol. The van der Waals surface area contributed by atoms with Crippen LogP contribution in [-0.4, -0.2) is 59.1 Å². The average Bonchev–Trinajstić information content (AvgIpc) is 3.05. The Morgan fingerprint density at radius 1 is 1.00 bits per heavy atom.